The van der Waals surface area contributed by atoms with Crippen molar-refractivity contribution >= 4 is 19.7 Å². The third-order valence-electron chi connectivity index (χ3n) is 0.714. The molecule has 0 aliphatic heterocycles. The Balaban J connectivity index is 3.71. The summed E-state index contributed by atoms with van der Waals surface area (Å²) in [6, 6.07) is 0. The molecule has 0 rings (SSSR count). The second-order valence-electron chi connectivity index (χ2n) is 3.51. The molecule has 0 aromatic carbocycles. The molecule has 0 aliphatic rings. The summed E-state index contributed by atoms with van der Waals surface area (Å²) in [5.74, 6) is 6.03. The van der Waals surface area contributed by atoms with E-state index in [4.69, 9.17) is 3.76 Å². The first-order chi connectivity index (χ1) is 4.81. The van der Waals surface area contributed by atoms with Gasteiger partial charge in [-0.2, -0.15) is 0 Å². The molecule has 0 aliphatic carbocycles. The second-order valence-corrected chi connectivity index (χ2v) is 12.8. The van der Waals surface area contributed by atoms with Crippen LogP contribution in [0, 0.1) is 0 Å². The molecular formula is C6H16GeN2O2. The maximum absolute atomic E-state index is 10.9. The molecule has 11 heavy (non-hydrogen) atoms. The monoisotopic (exact) mass is 222 g/mol. The molecule has 0 radical (unpaired) electrons. The minimum absolute atomic E-state index is 0.345. The van der Waals surface area contributed by atoms with Crippen molar-refractivity contribution in [3.05, 3.63) is 0 Å². The van der Waals surface area contributed by atoms with Crippen molar-refractivity contribution in [3.63, 3.8) is 0 Å². The molecule has 1 N–H and O–H groups in total. The fourth-order valence-corrected chi connectivity index (χ4v) is 1.75. The van der Waals surface area contributed by atoms with Gasteiger partial charge in [0, 0.05) is 0 Å². The average Bonchev–Trinajstić information content (AvgIpc) is 1.53. The second kappa shape index (κ2) is 3.97. The molecule has 0 unspecified atom stereocenters. The first-order valence-electron chi connectivity index (χ1n) is 3.48. The van der Waals surface area contributed by atoms with Crippen LogP contribution in [0.2, 0.25) is 17.3 Å². The molecular weight excluding hydrogens is 205 g/mol. The number of hydrogen-bond acceptors (Lipinski definition) is 3. The van der Waals surface area contributed by atoms with E-state index in [0.29, 0.717) is 0 Å². The standard InChI is InChI=1S/C6H16GeN2O2/c1-7(2,3)11-6(10)8-9(4)5/h1-5H3,(H,8,10). The van der Waals surface area contributed by atoms with Crippen molar-refractivity contribution in [1.29, 1.82) is 0 Å². The summed E-state index contributed by atoms with van der Waals surface area (Å²) in [7, 11) is 3.49. The van der Waals surface area contributed by atoms with Crippen molar-refractivity contribution in [2.24, 2.45) is 0 Å². The van der Waals surface area contributed by atoms with Gasteiger partial charge in [-0.1, -0.05) is 0 Å². The van der Waals surface area contributed by atoms with E-state index in [9.17, 15) is 4.79 Å². The molecule has 1 amide bonds. The van der Waals surface area contributed by atoms with Crippen LogP contribution < -0.4 is 5.43 Å². The van der Waals surface area contributed by atoms with Gasteiger partial charge < -0.3 is 0 Å². The van der Waals surface area contributed by atoms with Crippen molar-refractivity contribution in [3.8, 4) is 0 Å². The van der Waals surface area contributed by atoms with Crippen LogP contribution in [0.4, 0.5) is 4.79 Å². The molecule has 0 saturated heterocycles. The number of carbonyl (C=O) groups excluding carboxylic acids is 1. The molecule has 0 heterocycles. The van der Waals surface area contributed by atoms with Crippen LogP contribution in [-0.2, 0) is 3.76 Å². The average molecular weight is 221 g/mol. The Kier molecular flexibility index (Phi) is 3.88. The summed E-state index contributed by atoms with van der Waals surface area (Å²) < 4.78 is 5.14. The number of rotatable bonds is 2. The van der Waals surface area contributed by atoms with Gasteiger partial charge in [-0.3, -0.25) is 0 Å². The number of nitrogens with one attached hydrogen (secondary N) is 1. The molecule has 0 atom stereocenters. The summed E-state index contributed by atoms with van der Waals surface area (Å²) in [6.45, 7) is 0. The van der Waals surface area contributed by atoms with Crippen LogP contribution in [0.1, 0.15) is 0 Å². The molecule has 5 heteroatoms. The Morgan fingerprint density at radius 1 is 1.36 bits per heavy atom. The predicted octanol–water partition coefficient (Wildman–Crippen LogP) is 1.02. The van der Waals surface area contributed by atoms with E-state index < -0.39 is 13.6 Å². The van der Waals surface area contributed by atoms with E-state index in [0.717, 1.165) is 0 Å². The van der Waals surface area contributed by atoms with Crippen LogP contribution in [0.25, 0.3) is 0 Å². The molecule has 0 spiro atoms. The zero-order valence-corrected chi connectivity index (χ0v) is 9.86. The van der Waals surface area contributed by atoms with E-state index in [2.05, 4.69) is 5.43 Å². The minimum atomic E-state index is -2.18. The normalized spacial score (nSPS) is 11.5. The third-order valence-corrected chi connectivity index (χ3v) is 2.39. The summed E-state index contributed by atoms with van der Waals surface area (Å²) in [4.78, 5) is 10.9. The molecule has 4 nitrogen and oxygen atoms in total. The van der Waals surface area contributed by atoms with Gasteiger partial charge in [-0.15, -0.1) is 0 Å². The van der Waals surface area contributed by atoms with Crippen LogP contribution in [0.15, 0.2) is 0 Å². The summed E-state index contributed by atoms with van der Waals surface area (Å²) >= 11 is -2.18. The number of amides is 1. The first-order valence-corrected chi connectivity index (χ1v) is 10.6. The fourth-order valence-electron chi connectivity index (χ4n) is 0.483. The van der Waals surface area contributed by atoms with E-state index in [1.165, 1.54) is 0 Å². The zero-order chi connectivity index (χ0) is 9.07. The summed E-state index contributed by atoms with van der Waals surface area (Å²) in [6.07, 6.45) is -0.345. The fraction of sp³-hybridized carbons (Fsp3) is 0.833. The van der Waals surface area contributed by atoms with Crippen molar-refractivity contribution in [2.75, 3.05) is 14.1 Å². The Bertz CT molecular complexity index is 142. The third kappa shape index (κ3) is 7.67. The predicted molar refractivity (Wildman–Crippen MR) is 46.6 cm³/mol. The van der Waals surface area contributed by atoms with Gasteiger partial charge in [-0.05, 0) is 0 Å². The van der Waals surface area contributed by atoms with Gasteiger partial charge in [0.1, 0.15) is 0 Å². The number of hydrogen-bond donors (Lipinski definition) is 1. The Morgan fingerprint density at radius 3 is 2.09 bits per heavy atom. The quantitative estimate of drug-likeness (QED) is 0.558. The van der Waals surface area contributed by atoms with E-state index >= 15 is 0 Å². The Morgan fingerprint density at radius 2 is 1.82 bits per heavy atom. The molecule has 0 saturated carbocycles. The SMILES string of the molecule is CN(C)NC(=O)[O][Ge]([CH3])([CH3])[CH3]. The van der Waals surface area contributed by atoms with Gasteiger partial charge in [0.2, 0.25) is 0 Å². The number of nitrogens with zero attached hydrogens (tertiary/aromatic N) is 1. The molecule has 0 fully saturated rings. The summed E-state index contributed by atoms with van der Waals surface area (Å²) in [5.41, 5.74) is 2.52. The number of hydrazine groups is 1. The van der Waals surface area contributed by atoms with E-state index in [1.807, 2.05) is 17.3 Å². The topological polar surface area (TPSA) is 41.6 Å². The Hall–Kier alpha value is -0.227. The van der Waals surface area contributed by atoms with Crippen molar-refractivity contribution < 1.29 is 8.56 Å². The van der Waals surface area contributed by atoms with Gasteiger partial charge in [0.05, 0.1) is 0 Å². The molecule has 66 valence electrons. The van der Waals surface area contributed by atoms with Crippen LogP contribution in [-0.4, -0.2) is 38.8 Å². The molecule has 0 aromatic heterocycles. The Labute approximate surface area is 70.6 Å². The molecule has 0 bridgehead atoms. The number of carbonyl (C=O) groups is 1. The summed E-state index contributed by atoms with van der Waals surface area (Å²) in [5, 5.41) is 1.57. The molecule has 0 aromatic rings. The first kappa shape index (κ1) is 10.8. The van der Waals surface area contributed by atoms with Crippen molar-refractivity contribution in [2.45, 2.75) is 17.3 Å². The van der Waals surface area contributed by atoms with Crippen LogP contribution in [0.3, 0.4) is 0 Å². The maximum atomic E-state index is 10.9. The van der Waals surface area contributed by atoms with Crippen LogP contribution in [0.5, 0.6) is 0 Å². The van der Waals surface area contributed by atoms with Gasteiger partial charge >= 0.3 is 70.1 Å². The van der Waals surface area contributed by atoms with Crippen LogP contribution >= 0.6 is 0 Å². The zero-order valence-electron chi connectivity index (χ0n) is 7.76. The van der Waals surface area contributed by atoms with Gasteiger partial charge in [0.15, 0.2) is 0 Å². The van der Waals surface area contributed by atoms with E-state index in [-0.39, 0.29) is 6.09 Å². The van der Waals surface area contributed by atoms with Crippen molar-refractivity contribution in [1.82, 2.24) is 10.4 Å². The van der Waals surface area contributed by atoms with Gasteiger partial charge in [-0.25, -0.2) is 0 Å². The van der Waals surface area contributed by atoms with Gasteiger partial charge in [0.25, 0.3) is 0 Å². The van der Waals surface area contributed by atoms with E-state index in [1.54, 1.807) is 19.1 Å².